The first-order valence-corrected chi connectivity index (χ1v) is 8.26. The molecule has 1 unspecified atom stereocenters. The molecule has 0 amide bonds. The minimum atomic E-state index is 0.724. The van der Waals surface area contributed by atoms with E-state index in [2.05, 4.69) is 42.8 Å². The second-order valence-corrected chi connectivity index (χ2v) is 7.22. The van der Waals surface area contributed by atoms with Crippen LogP contribution in [0.25, 0.3) is 0 Å². The van der Waals surface area contributed by atoms with Crippen LogP contribution in [0.2, 0.25) is 0 Å². The lowest BCUT2D eigenvalue weighted by Gasteiger charge is -2.41. The van der Waals surface area contributed by atoms with Gasteiger partial charge in [0.05, 0.1) is 0 Å². The summed E-state index contributed by atoms with van der Waals surface area (Å²) < 4.78 is 0. The molecule has 1 aliphatic carbocycles. The van der Waals surface area contributed by atoms with Crippen LogP contribution in [0.15, 0.2) is 0 Å². The highest BCUT2D eigenvalue weighted by Crippen LogP contribution is 2.20. The highest BCUT2D eigenvalue weighted by atomic mass is 15.3. The first-order valence-electron chi connectivity index (χ1n) is 8.26. The molecule has 1 atom stereocenters. The largest absolute Gasteiger partial charge is 0.312 e. The Balaban J connectivity index is 1.75. The predicted molar refractivity (Wildman–Crippen MR) is 82.5 cm³/mol. The van der Waals surface area contributed by atoms with E-state index in [0.717, 1.165) is 23.9 Å². The van der Waals surface area contributed by atoms with E-state index in [1.807, 2.05) is 0 Å². The lowest BCUT2D eigenvalue weighted by molar-refractivity contribution is 0.0702. The van der Waals surface area contributed by atoms with Gasteiger partial charge in [-0.25, -0.2) is 0 Å². The summed E-state index contributed by atoms with van der Waals surface area (Å²) in [7, 11) is 0. The van der Waals surface area contributed by atoms with E-state index in [9.17, 15) is 0 Å². The van der Waals surface area contributed by atoms with Gasteiger partial charge in [-0.05, 0) is 24.7 Å². The van der Waals surface area contributed by atoms with Crippen LogP contribution in [0.1, 0.15) is 40.5 Å². The molecule has 2 rings (SSSR count). The molecule has 1 saturated carbocycles. The summed E-state index contributed by atoms with van der Waals surface area (Å²) in [5.41, 5.74) is 0. The van der Waals surface area contributed by atoms with E-state index in [4.69, 9.17) is 0 Å². The van der Waals surface area contributed by atoms with Crippen LogP contribution in [0.5, 0.6) is 0 Å². The number of hydrogen-bond donors (Lipinski definition) is 1. The van der Waals surface area contributed by atoms with E-state index in [0.29, 0.717) is 0 Å². The van der Waals surface area contributed by atoms with Crippen LogP contribution in [-0.4, -0.2) is 61.2 Å². The Morgan fingerprint density at radius 1 is 1.00 bits per heavy atom. The maximum atomic E-state index is 3.72. The van der Waals surface area contributed by atoms with Crippen molar-refractivity contribution in [3.63, 3.8) is 0 Å². The Morgan fingerprint density at radius 3 is 2.11 bits per heavy atom. The summed E-state index contributed by atoms with van der Waals surface area (Å²) in [4.78, 5) is 5.35. The molecule has 1 aliphatic heterocycles. The summed E-state index contributed by atoms with van der Waals surface area (Å²) in [6.07, 6.45) is 2.79. The summed E-state index contributed by atoms with van der Waals surface area (Å²) >= 11 is 0. The van der Waals surface area contributed by atoms with Crippen LogP contribution in [0, 0.1) is 11.8 Å². The monoisotopic (exact) mass is 267 g/mol. The summed E-state index contributed by atoms with van der Waals surface area (Å²) in [6.45, 7) is 16.9. The molecule has 0 aromatic carbocycles. The average Bonchev–Trinajstić information content (AvgIpc) is 3.14. The van der Waals surface area contributed by atoms with Crippen molar-refractivity contribution >= 4 is 0 Å². The van der Waals surface area contributed by atoms with Gasteiger partial charge >= 0.3 is 0 Å². The lowest BCUT2D eigenvalue weighted by atomic mass is 10.0. The van der Waals surface area contributed by atoms with Crippen LogP contribution in [-0.2, 0) is 0 Å². The second-order valence-electron chi connectivity index (χ2n) is 7.22. The molecule has 0 radical (unpaired) electrons. The zero-order valence-corrected chi connectivity index (χ0v) is 13.4. The Bertz CT molecular complexity index is 253. The standard InChI is InChI=1S/C16H33N3/c1-13(2)12-18-7-9-19(10-8-18)16(14(3)4)11-17-15-5-6-15/h13-17H,5-12H2,1-4H3. The molecule has 1 N–H and O–H groups in total. The van der Waals surface area contributed by atoms with Crippen molar-refractivity contribution in [3.8, 4) is 0 Å². The zero-order chi connectivity index (χ0) is 13.8. The molecule has 3 nitrogen and oxygen atoms in total. The summed E-state index contributed by atoms with van der Waals surface area (Å²) in [5.74, 6) is 1.55. The van der Waals surface area contributed by atoms with Crippen LogP contribution < -0.4 is 5.32 Å². The maximum Gasteiger partial charge on any atom is 0.0244 e. The number of rotatable bonds is 7. The predicted octanol–water partition coefficient (Wildman–Crippen LogP) is 2.04. The van der Waals surface area contributed by atoms with Crippen molar-refractivity contribution in [2.75, 3.05) is 39.3 Å². The summed E-state index contributed by atoms with van der Waals surface area (Å²) in [5, 5.41) is 3.72. The molecular formula is C16H33N3. The fraction of sp³-hybridized carbons (Fsp3) is 1.00. The van der Waals surface area contributed by atoms with E-state index in [1.165, 1.54) is 52.1 Å². The molecular weight excluding hydrogens is 234 g/mol. The Labute approximate surface area is 119 Å². The smallest absolute Gasteiger partial charge is 0.0244 e. The minimum Gasteiger partial charge on any atom is -0.312 e. The SMILES string of the molecule is CC(C)CN1CCN(C(CNC2CC2)C(C)C)CC1. The molecule has 0 aromatic rings. The molecule has 3 heteroatoms. The van der Waals surface area contributed by atoms with Gasteiger partial charge in [0, 0.05) is 51.4 Å². The number of piperazine rings is 1. The van der Waals surface area contributed by atoms with E-state index in [-0.39, 0.29) is 0 Å². The first-order chi connectivity index (χ1) is 9.06. The van der Waals surface area contributed by atoms with Gasteiger partial charge in [0.1, 0.15) is 0 Å². The van der Waals surface area contributed by atoms with Crippen molar-refractivity contribution in [1.29, 1.82) is 0 Å². The maximum absolute atomic E-state index is 3.72. The Morgan fingerprint density at radius 2 is 1.63 bits per heavy atom. The van der Waals surface area contributed by atoms with Gasteiger partial charge in [-0.15, -0.1) is 0 Å². The fourth-order valence-electron chi connectivity index (χ4n) is 3.16. The number of nitrogens with zero attached hydrogens (tertiary/aromatic N) is 2. The Hall–Kier alpha value is -0.120. The Kier molecular flexibility index (Phi) is 5.67. The molecule has 1 saturated heterocycles. The van der Waals surface area contributed by atoms with Crippen molar-refractivity contribution in [2.45, 2.75) is 52.6 Å². The van der Waals surface area contributed by atoms with Gasteiger partial charge in [0.2, 0.25) is 0 Å². The number of hydrogen-bond acceptors (Lipinski definition) is 3. The normalized spacial score (nSPS) is 24.3. The molecule has 0 bridgehead atoms. The van der Waals surface area contributed by atoms with Gasteiger partial charge < -0.3 is 10.2 Å². The number of nitrogens with one attached hydrogen (secondary N) is 1. The van der Waals surface area contributed by atoms with E-state index >= 15 is 0 Å². The van der Waals surface area contributed by atoms with Crippen molar-refractivity contribution < 1.29 is 0 Å². The van der Waals surface area contributed by atoms with Crippen molar-refractivity contribution in [1.82, 2.24) is 15.1 Å². The van der Waals surface area contributed by atoms with Crippen molar-refractivity contribution in [3.05, 3.63) is 0 Å². The average molecular weight is 267 g/mol. The molecule has 112 valence electrons. The third-order valence-corrected chi connectivity index (χ3v) is 4.46. The van der Waals surface area contributed by atoms with Gasteiger partial charge in [-0.2, -0.15) is 0 Å². The third kappa shape index (κ3) is 5.05. The second kappa shape index (κ2) is 7.05. The van der Waals surface area contributed by atoms with Crippen molar-refractivity contribution in [2.24, 2.45) is 11.8 Å². The third-order valence-electron chi connectivity index (χ3n) is 4.46. The van der Waals surface area contributed by atoms with Crippen LogP contribution in [0.3, 0.4) is 0 Å². The molecule has 2 fully saturated rings. The lowest BCUT2D eigenvalue weighted by Crippen LogP contribution is -2.55. The fourth-order valence-corrected chi connectivity index (χ4v) is 3.16. The van der Waals surface area contributed by atoms with E-state index in [1.54, 1.807) is 0 Å². The van der Waals surface area contributed by atoms with Gasteiger partial charge in [-0.3, -0.25) is 4.90 Å². The minimum absolute atomic E-state index is 0.724. The first kappa shape index (κ1) is 15.3. The van der Waals surface area contributed by atoms with Gasteiger partial charge in [0.15, 0.2) is 0 Å². The highest BCUT2D eigenvalue weighted by Gasteiger charge is 2.28. The van der Waals surface area contributed by atoms with Crippen LogP contribution >= 0.6 is 0 Å². The van der Waals surface area contributed by atoms with E-state index < -0.39 is 0 Å². The molecule has 0 spiro atoms. The summed E-state index contributed by atoms with van der Waals surface area (Å²) in [6, 6.07) is 1.56. The quantitative estimate of drug-likeness (QED) is 0.761. The van der Waals surface area contributed by atoms with Gasteiger partial charge in [0.25, 0.3) is 0 Å². The topological polar surface area (TPSA) is 18.5 Å². The molecule has 2 aliphatic rings. The molecule has 0 aromatic heterocycles. The highest BCUT2D eigenvalue weighted by molar-refractivity contribution is 4.87. The molecule has 19 heavy (non-hydrogen) atoms. The molecule has 1 heterocycles. The van der Waals surface area contributed by atoms with Crippen LogP contribution in [0.4, 0.5) is 0 Å². The zero-order valence-electron chi connectivity index (χ0n) is 13.4. The van der Waals surface area contributed by atoms with Gasteiger partial charge in [-0.1, -0.05) is 27.7 Å².